The van der Waals surface area contributed by atoms with Gasteiger partial charge in [-0.15, -0.1) is 11.6 Å². The molecule has 0 spiro atoms. The van der Waals surface area contributed by atoms with E-state index in [1.165, 1.54) is 11.1 Å². The molecule has 0 saturated heterocycles. The van der Waals surface area contributed by atoms with E-state index >= 15 is 0 Å². The van der Waals surface area contributed by atoms with Crippen LogP contribution in [0.15, 0.2) is 46.9 Å². The SMILES string of the molecule is Cc1ccc(C(Cl)Cc2nc3ccccc3o2)c(C)c1. The predicted molar refractivity (Wildman–Crippen MR) is 82.2 cm³/mol. The van der Waals surface area contributed by atoms with Crippen LogP contribution in [0.25, 0.3) is 11.1 Å². The van der Waals surface area contributed by atoms with Crippen molar-refractivity contribution in [3.63, 3.8) is 0 Å². The van der Waals surface area contributed by atoms with Gasteiger partial charge in [-0.1, -0.05) is 35.9 Å². The Morgan fingerprint density at radius 3 is 2.70 bits per heavy atom. The number of halogens is 1. The molecule has 1 unspecified atom stereocenters. The number of hydrogen-bond donors (Lipinski definition) is 0. The monoisotopic (exact) mass is 285 g/mol. The van der Waals surface area contributed by atoms with Crippen LogP contribution in [0.4, 0.5) is 0 Å². The Kier molecular flexibility index (Phi) is 3.49. The number of aryl methyl sites for hydroxylation is 2. The van der Waals surface area contributed by atoms with Crippen molar-refractivity contribution in [3.8, 4) is 0 Å². The van der Waals surface area contributed by atoms with Crippen molar-refractivity contribution in [2.75, 3.05) is 0 Å². The second-order valence-corrected chi connectivity index (χ2v) is 5.63. The summed E-state index contributed by atoms with van der Waals surface area (Å²) in [4.78, 5) is 4.47. The molecule has 1 heterocycles. The molecule has 0 bridgehead atoms. The van der Waals surface area contributed by atoms with E-state index in [-0.39, 0.29) is 5.38 Å². The maximum atomic E-state index is 6.53. The maximum Gasteiger partial charge on any atom is 0.197 e. The average Bonchev–Trinajstić information content (AvgIpc) is 2.80. The van der Waals surface area contributed by atoms with Crippen molar-refractivity contribution in [2.24, 2.45) is 0 Å². The van der Waals surface area contributed by atoms with Crippen molar-refractivity contribution in [2.45, 2.75) is 25.6 Å². The second-order valence-electron chi connectivity index (χ2n) is 5.11. The van der Waals surface area contributed by atoms with Gasteiger partial charge in [0.25, 0.3) is 0 Å². The van der Waals surface area contributed by atoms with Crippen LogP contribution in [-0.2, 0) is 6.42 Å². The zero-order chi connectivity index (χ0) is 14.1. The van der Waals surface area contributed by atoms with Crippen LogP contribution in [0.1, 0.15) is 28.0 Å². The maximum absolute atomic E-state index is 6.53. The van der Waals surface area contributed by atoms with Gasteiger partial charge in [0.15, 0.2) is 11.5 Å². The van der Waals surface area contributed by atoms with E-state index in [0.717, 1.165) is 16.7 Å². The third-order valence-electron chi connectivity index (χ3n) is 3.45. The van der Waals surface area contributed by atoms with E-state index in [2.05, 4.69) is 37.0 Å². The normalized spacial score (nSPS) is 12.8. The number of fused-ring (bicyclic) bond motifs is 1. The lowest BCUT2D eigenvalue weighted by molar-refractivity contribution is 0.525. The van der Waals surface area contributed by atoms with E-state index in [1.54, 1.807) is 0 Å². The Hall–Kier alpha value is -1.80. The quantitative estimate of drug-likeness (QED) is 0.635. The van der Waals surface area contributed by atoms with E-state index in [4.69, 9.17) is 16.0 Å². The highest BCUT2D eigenvalue weighted by Gasteiger charge is 2.15. The number of rotatable bonds is 3. The van der Waals surface area contributed by atoms with Gasteiger partial charge in [0.1, 0.15) is 5.52 Å². The molecule has 0 aliphatic carbocycles. The van der Waals surface area contributed by atoms with E-state index in [0.29, 0.717) is 12.3 Å². The topological polar surface area (TPSA) is 26.0 Å². The lowest BCUT2D eigenvalue weighted by Gasteiger charge is -2.11. The van der Waals surface area contributed by atoms with Gasteiger partial charge in [-0.2, -0.15) is 0 Å². The van der Waals surface area contributed by atoms with Crippen LogP contribution < -0.4 is 0 Å². The molecule has 0 radical (unpaired) electrons. The highest BCUT2D eigenvalue weighted by molar-refractivity contribution is 6.21. The smallest absolute Gasteiger partial charge is 0.197 e. The summed E-state index contributed by atoms with van der Waals surface area (Å²) in [5.41, 5.74) is 5.29. The van der Waals surface area contributed by atoms with Crippen LogP contribution in [0.5, 0.6) is 0 Å². The number of para-hydroxylation sites is 2. The molecule has 20 heavy (non-hydrogen) atoms. The standard InChI is InChI=1S/C17H16ClNO/c1-11-7-8-13(12(2)9-11)14(18)10-17-19-15-5-3-4-6-16(15)20-17/h3-9,14H,10H2,1-2H3. The molecular weight excluding hydrogens is 270 g/mol. The van der Waals surface area contributed by atoms with E-state index in [1.807, 2.05) is 24.3 Å². The van der Waals surface area contributed by atoms with Gasteiger partial charge in [0.05, 0.1) is 5.38 Å². The summed E-state index contributed by atoms with van der Waals surface area (Å²) in [7, 11) is 0. The fourth-order valence-corrected chi connectivity index (χ4v) is 2.82. The highest BCUT2D eigenvalue weighted by Crippen LogP contribution is 2.29. The second kappa shape index (κ2) is 5.29. The molecule has 1 atom stereocenters. The van der Waals surface area contributed by atoms with Gasteiger partial charge in [0, 0.05) is 6.42 Å². The van der Waals surface area contributed by atoms with Gasteiger partial charge in [-0.3, -0.25) is 0 Å². The molecule has 0 N–H and O–H groups in total. The number of aromatic nitrogens is 1. The minimum atomic E-state index is -0.122. The van der Waals surface area contributed by atoms with Crippen LogP contribution >= 0.6 is 11.6 Å². The van der Waals surface area contributed by atoms with E-state index < -0.39 is 0 Å². The average molecular weight is 286 g/mol. The molecule has 3 rings (SSSR count). The Morgan fingerprint density at radius 2 is 1.95 bits per heavy atom. The first-order valence-corrected chi connectivity index (χ1v) is 7.13. The third-order valence-corrected chi connectivity index (χ3v) is 3.84. The minimum Gasteiger partial charge on any atom is -0.441 e. The first kappa shape index (κ1) is 13.2. The summed E-state index contributed by atoms with van der Waals surface area (Å²) in [5.74, 6) is 0.686. The molecule has 2 nitrogen and oxygen atoms in total. The third kappa shape index (κ3) is 2.56. The van der Waals surface area contributed by atoms with Crippen molar-refractivity contribution in [1.29, 1.82) is 0 Å². The van der Waals surface area contributed by atoms with Crippen LogP contribution in [0, 0.1) is 13.8 Å². The highest BCUT2D eigenvalue weighted by atomic mass is 35.5. The summed E-state index contributed by atoms with van der Waals surface area (Å²) in [6, 6.07) is 14.1. The summed E-state index contributed by atoms with van der Waals surface area (Å²) in [5, 5.41) is -0.122. The molecule has 0 aliphatic heterocycles. The van der Waals surface area contributed by atoms with Crippen LogP contribution in [0.2, 0.25) is 0 Å². The summed E-state index contributed by atoms with van der Waals surface area (Å²) in [6.45, 7) is 4.17. The van der Waals surface area contributed by atoms with Crippen molar-refractivity contribution in [1.82, 2.24) is 4.98 Å². The first-order valence-electron chi connectivity index (χ1n) is 6.69. The Balaban J connectivity index is 1.86. The number of oxazole rings is 1. The Labute approximate surface area is 123 Å². The van der Waals surface area contributed by atoms with Gasteiger partial charge < -0.3 is 4.42 Å². The Bertz CT molecular complexity index is 715. The summed E-state index contributed by atoms with van der Waals surface area (Å²) >= 11 is 6.53. The van der Waals surface area contributed by atoms with E-state index in [9.17, 15) is 0 Å². The molecule has 3 heteroatoms. The molecule has 0 aliphatic rings. The minimum absolute atomic E-state index is 0.122. The molecule has 0 fully saturated rings. The van der Waals surface area contributed by atoms with Gasteiger partial charge in [-0.25, -0.2) is 4.98 Å². The van der Waals surface area contributed by atoms with Crippen LogP contribution in [-0.4, -0.2) is 4.98 Å². The molecule has 0 saturated carbocycles. The fraction of sp³-hybridized carbons (Fsp3) is 0.235. The fourth-order valence-electron chi connectivity index (χ4n) is 2.45. The zero-order valence-electron chi connectivity index (χ0n) is 11.6. The van der Waals surface area contributed by atoms with Crippen molar-refractivity contribution < 1.29 is 4.42 Å². The van der Waals surface area contributed by atoms with Gasteiger partial charge in [0.2, 0.25) is 0 Å². The first-order chi connectivity index (χ1) is 9.63. The molecule has 0 amide bonds. The Morgan fingerprint density at radius 1 is 1.15 bits per heavy atom. The van der Waals surface area contributed by atoms with Crippen molar-refractivity contribution >= 4 is 22.7 Å². The molecule has 102 valence electrons. The zero-order valence-corrected chi connectivity index (χ0v) is 12.3. The van der Waals surface area contributed by atoms with Crippen molar-refractivity contribution in [3.05, 3.63) is 65.0 Å². The summed E-state index contributed by atoms with van der Waals surface area (Å²) < 4.78 is 5.73. The number of benzene rings is 2. The lowest BCUT2D eigenvalue weighted by atomic mass is 10.0. The largest absolute Gasteiger partial charge is 0.441 e. The molecule has 2 aromatic carbocycles. The molecule has 3 aromatic rings. The lowest BCUT2D eigenvalue weighted by Crippen LogP contribution is -1.99. The van der Waals surface area contributed by atoms with Gasteiger partial charge >= 0.3 is 0 Å². The number of alkyl halides is 1. The molecular formula is C17H16ClNO. The van der Waals surface area contributed by atoms with Crippen LogP contribution in [0.3, 0.4) is 0 Å². The predicted octanol–water partition coefficient (Wildman–Crippen LogP) is 4.97. The van der Waals surface area contributed by atoms with Gasteiger partial charge in [-0.05, 0) is 37.1 Å². The molecule has 1 aromatic heterocycles. The summed E-state index contributed by atoms with van der Waals surface area (Å²) in [6.07, 6.45) is 0.597. The number of hydrogen-bond acceptors (Lipinski definition) is 2. The number of nitrogens with zero attached hydrogens (tertiary/aromatic N) is 1.